The van der Waals surface area contributed by atoms with Gasteiger partial charge in [-0.05, 0) is 44.9 Å². The van der Waals surface area contributed by atoms with Crippen molar-refractivity contribution >= 4 is 23.9 Å². The van der Waals surface area contributed by atoms with Crippen LogP contribution in [0.5, 0.6) is 0 Å². The SMILES string of the molecule is CCCCCCCC/C=C\CCCCCCCCCCCC(=O)OC1C(OCC(COC(=O)CCCCCCCCCCCCCCCCCCCCC)OC(=O)CCCCCCCCCCCCC)OC(C(=O)O)C(O)C1O. The second-order valence-corrected chi connectivity index (χ2v) is 23.5. The number of unbranched alkanes of at least 4 members (excludes halogenated alkanes) is 43. The van der Waals surface area contributed by atoms with E-state index in [1.54, 1.807) is 0 Å². The van der Waals surface area contributed by atoms with E-state index in [2.05, 4.69) is 32.9 Å². The predicted octanol–water partition coefficient (Wildman–Crippen LogP) is 18.0. The van der Waals surface area contributed by atoms with Gasteiger partial charge in [-0.2, -0.15) is 0 Å². The fourth-order valence-electron chi connectivity index (χ4n) is 10.7. The van der Waals surface area contributed by atoms with Crippen LogP contribution < -0.4 is 0 Å². The van der Waals surface area contributed by atoms with E-state index < -0.39 is 67.3 Å². The molecule has 464 valence electrons. The van der Waals surface area contributed by atoms with Gasteiger partial charge in [0.25, 0.3) is 0 Å². The first kappa shape index (κ1) is 74.5. The molecule has 6 atom stereocenters. The fourth-order valence-corrected chi connectivity index (χ4v) is 10.7. The molecule has 1 saturated heterocycles. The van der Waals surface area contributed by atoms with E-state index >= 15 is 0 Å². The second kappa shape index (κ2) is 56.0. The lowest BCUT2D eigenvalue weighted by molar-refractivity contribution is -0.301. The number of hydrogen-bond donors (Lipinski definition) is 3. The predicted molar refractivity (Wildman–Crippen MR) is 322 cm³/mol. The van der Waals surface area contributed by atoms with Gasteiger partial charge in [-0.1, -0.05) is 290 Å². The van der Waals surface area contributed by atoms with E-state index in [9.17, 15) is 34.5 Å². The monoisotopic (exact) mass is 1120 g/mol. The third kappa shape index (κ3) is 45.6. The molecule has 0 aromatic rings. The van der Waals surface area contributed by atoms with E-state index in [-0.39, 0.29) is 25.9 Å². The molecular weight excluding hydrogens is 997 g/mol. The van der Waals surface area contributed by atoms with Crippen LogP contribution >= 0.6 is 0 Å². The van der Waals surface area contributed by atoms with E-state index in [1.165, 1.54) is 212 Å². The molecule has 0 amide bonds. The summed E-state index contributed by atoms with van der Waals surface area (Å²) in [6.45, 7) is 6.05. The summed E-state index contributed by atoms with van der Waals surface area (Å²) >= 11 is 0. The Morgan fingerprint density at radius 2 is 0.722 bits per heavy atom. The molecule has 1 fully saturated rings. The molecule has 1 heterocycles. The Morgan fingerprint density at radius 1 is 0.405 bits per heavy atom. The standard InChI is InChI=1S/C67H124O12/c1-4-7-10-13-16-19-22-24-26-28-30-32-34-36-39-41-44-47-50-53-59(68)75-56-58(77-60(69)54-51-48-45-42-38-21-18-15-12-9-6-3)57-76-67-65(63(72)62(71)64(79-67)66(73)74)78-61(70)55-52-49-46-43-40-37-35-33-31-29-27-25-23-20-17-14-11-8-5-2/h25,27,58,62-65,67,71-72H,4-24,26,28-57H2,1-3H3,(H,73,74)/b27-25-. The number of rotatable bonds is 59. The maximum absolute atomic E-state index is 13.2. The Bertz CT molecular complexity index is 1420. The molecule has 3 N–H and O–H groups in total. The summed E-state index contributed by atoms with van der Waals surface area (Å²) in [5.74, 6) is -3.07. The number of ether oxygens (including phenoxy) is 5. The van der Waals surface area contributed by atoms with E-state index in [4.69, 9.17) is 23.7 Å². The smallest absolute Gasteiger partial charge is 0.335 e. The van der Waals surface area contributed by atoms with Crippen LogP contribution in [0.1, 0.15) is 342 Å². The zero-order valence-corrected chi connectivity index (χ0v) is 51.4. The Morgan fingerprint density at radius 3 is 1.08 bits per heavy atom. The maximum atomic E-state index is 13.2. The highest BCUT2D eigenvalue weighted by atomic mass is 16.7. The average Bonchev–Trinajstić information content (AvgIpc) is 3.43. The normalized spacial score (nSPS) is 17.8. The highest BCUT2D eigenvalue weighted by Crippen LogP contribution is 2.27. The minimum atomic E-state index is -1.90. The number of aliphatic hydroxyl groups is 2. The molecule has 1 aliphatic heterocycles. The molecule has 0 radical (unpaired) electrons. The summed E-state index contributed by atoms with van der Waals surface area (Å²) in [6.07, 6.45) is 51.8. The van der Waals surface area contributed by atoms with Crippen molar-refractivity contribution in [3.8, 4) is 0 Å². The minimum absolute atomic E-state index is 0.0650. The van der Waals surface area contributed by atoms with Crippen LogP contribution in [0.2, 0.25) is 0 Å². The second-order valence-electron chi connectivity index (χ2n) is 23.5. The summed E-state index contributed by atoms with van der Waals surface area (Å²) in [7, 11) is 0. The van der Waals surface area contributed by atoms with Gasteiger partial charge in [-0.15, -0.1) is 0 Å². The van der Waals surface area contributed by atoms with Crippen molar-refractivity contribution in [3.05, 3.63) is 12.2 Å². The number of aliphatic hydroxyl groups excluding tert-OH is 2. The number of esters is 3. The molecule has 0 aromatic carbocycles. The Hall–Kier alpha value is -2.54. The largest absolute Gasteiger partial charge is 0.479 e. The first-order valence-electron chi connectivity index (χ1n) is 33.7. The molecule has 12 nitrogen and oxygen atoms in total. The van der Waals surface area contributed by atoms with Crippen LogP contribution in [-0.4, -0.2) is 89.2 Å². The first-order valence-corrected chi connectivity index (χ1v) is 33.7. The minimum Gasteiger partial charge on any atom is -0.479 e. The Kier molecular flexibility index (Phi) is 52.8. The van der Waals surface area contributed by atoms with Gasteiger partial charge in [0.1, 0.15) is 18.8 Å². The van der Waals surface area contributed by atoms with Crippen LogP contribution in [0, 0.1) is 0 Å². The number of carbonyl (C=O) groups excluding carboxylic acids is 3. The number of carboxylic acids is 1. The molecule has 0 aromatic heterocycles. The summed E-state index contributed by atoms with van der Waals surface area (Å²) in [5, 5.41) is 31.6. The van der Waals surface area contributed by atoms with E-state index in [0.29, 0.717) is 19.3 Å². The number of carbonyl (C=O) groups is 4. The van der Waals surface area contributed by atoms with E-state index in [0.717, 1.165) is 70.6 Å². The molecule has 0 saturated carbocycles. The van der Waals surface area contributed by atoms with Gasteiger partial charge < -0.3 is 39.0 Å². The van der Waals surface area contributed by atoms with Crippen LogP contribution in [0.3, 0.4) is 0 Å². The molecule has 12 heteroatoms. The van der Waals surface area contributed by atoms with Gasteiger partial charge >= 0.3 is 23.9 Å². The molecule has 0 bridgehead atoms. The zero-order chi connectivity index (χ0) is 57.5. The molecular formula is C67H124O12. The molecule has 6 unspecified atom stereocenters. The van der Waals surface area contributed by atoms with Crippen molar-refractivity contribution < 1.29 is 58.2 Å². The van der Waals surface area contributed by atoms with Gasteiger partial charge in [-0.3, -0.25) is 14.4 Å². The van der Waals surface area contributed by atoms with Crippen molar-refractivity contribution in [2.75, 3.05) is 13.2 Å². The first-order chi connectivity index (χ1) is 38.6. The number of hydrogen-bond acceptors (Lipinski definition) is 11. The Balaban J connectivity index is 2.58. The Labute approximate surface area is 484 Å². The number of carboxylic acid groups (broad SMARTS) is 1. The third-order valence-electron chi connectivity index (χ3n) is 15.8. The molecule has 0 spiro atoms. The van der Waals surface area contributed by atoms with Crippen molar-refractivity contribution in [2.24, 2.45) is 0 Å². The number of aliphatic carboxylic acids is 1. The average molecular weight is 1120 g/mol. The third-order valence-corrected chi connectivity index (χ3v) is 15.8. The lowest BCUT2D eigenvalue weighted by Crippen LogP contribution is -2.61. The van der Waals surface area contributed by atoms with Gasteiger partial charge in [-0.25, -0.2) is 4.79 Å². The molecule has 79 heavy (non-hydrogen) atoms. The zero-order valence-electron chi connectivity index (χ0n) is 51.4. The van der Waals surface area contributed by atoms with Crippen LogP contribution in [0.25, 0.3) is 0 Å². The topological polar surface area (TPSA) is 175 Å². The van der Waals surface area contributed by atoms with Gasteiger partial charge in [0.05, 0.1) is 6.61 Å². The summed E-state index contributed by atoms with van der Waals surface area (Å²) in [5.41, 5.74) is 0. The van der Waals surface area contributed by atoms with Crippen LogP contribution in [-0.2, 0) is 42.9 Å². The van der Waals surface area contributed by atoms with Crippen LogP contribution in [0.15, 0.2) is 12.2 Å². The van der Waals surface area contributed by atoms with Gasteiger partial charge in [0, 0.05) is 19.3 Å². The summed E-state index contributed by atoms with van der Waals surface area (Å²) in [4.78, 5) is 51.3. The summed E-state index contributed by atoms with van der Waals surface area (Å²) < 4.78 is 28.6. The fraction of sp³-hybridized carbons (Fsp3) is 0.910. The lowest BCUT2D eigenvalue weighted by Gasteiger charge is -2.40. The van der Waals surface area contributed by atoms with Gasteiger partial charge in [0.15, 0.2) is 24.6 Å². The maximum Gasteiger partial charge on any atom is 0.335 e. The highest BCUT2D eigenvalue weighted by molar-refractivity contribution is 5.74. The molecule has 1 rings (SSSR count). The molecule has 0 aliphatic carbocycles. The van der Waals surface area contributed by atoms with Crippen molar-refractivity contribution in [1.29, 1.82) is 0 Å². The van der Waals surface area contributed by atoms with Crippen molar-refractivity contribution in [3.63, 3.8) is 0 Å². The quantitative estimate of drug-likeness (QED) is 0.0228. The van der Waals surface area contributed by atoms with Crippen LogP contribution in [0.4, 0.5) is 0 Å². The number of allylic oxidation sites excluding steroid dienone is 2. The van der Waals surface area contributed by atoms with Crippen molar-refractivity contribution in [1.82, 2.24) is 0 Å². The highest BCUT2D eigenvalue weighted by Gasteiger charge is 2.50. The summed E-state index contributed by atoms with van der Waals surface area (Å²) in [6, 6.07) is 0. The lowest BCUT2D eigenvalue weighted by atomic mass is 9.98. The van der Waals surface area contributed by atoms with Crippen molar-refractivity contribution in [2.45, 2.75) is 379 Å². The van der Waals surface area contributed by atoms with Gasteiger partial charge in [0.2, 0.25) is 0 Å². The molecule has 1 aliphatic rings. The van der Waals surface area contributed by atoms with E-state index in [1.807, 2.05) is 0 Å².